The minimum absolute atomic E-state index is 0.0419. The minimum Gasteiger partial charge on any atom is -0.393 e. The van der Waals surface area contributed by atoms with E-state index in [-0.39, 0.29) is 11.5 Å². The molecule has 1 fully saturated rings. The lowest BCUT2D eigenvalue weighted by Crippen LogP contribution is -2.37. The quantitative estimate of drug-likeness (QED) is 0.352. The van der Waals surface area contributed by atoms with E-state index in [1.807, 2.05) is 13.8 Å². The van der Waals surface area contributed by atoms with Gasteiger partial charge in [0, 0.05) is 12.0 Å². The average molecular weight is 255 g/mol. The number of amidine groups is 1. The molecule has 1 saturated carbocycles. The fourth-order valence-corrected chi connectivity index (χ4v) is 2.46. The first kappa shape index (κ1) is 15.4. The van der Waals surface area contributed by atoms with Crippen molar-refractivity contribution in [3.63, 3.8) is 0 Å². The van der Waals surface area contributed by atoms with Crippen LogP contribution in [0.3, 0.4) is 0 Å². The fraction of sp³-hybridized carbons (Fsp3) is 0.929. The summed E-state index contributed by atoms with van der Waals surface area (Å²) in [7, 11) is 2.15. The van der Waals surface area contributed by atoms with Crippen LogP contribution in [0.1, 0.15) is 46.0 Å². The Kier molecular flexibility index (Phi) is 5.60. The molecule has 18 heavy (non-hydrogen) atoms. The molecule has 0 aromatic heterocycles. The summed E-state index contributed by atoms with van der Waals surface area (Å²) in [5, 5.41) is 16.7. The van der Waals surface area contributed by atoms with E-state index >= 15 is 0 Å². The second-order valence-electron chi connectivity index (χ2n) is 6.51. The normalized spacial score (nSPS) is 24.1. The van der Waals surface area contributed by atoms with Gasteiger partial charge in [-0.25, -0.2) is 0 Å². The molecule has 0 saturated heterocycles. The van der Waals surface area contributed by atoms with Crippen molar-refractivity contribution in [1.82, 2.24) is 4.90 Å². The highest BCUT2D eigenvalue weighted by Crippen LogP contribution is 2.28. The Bertz CT molecular complexity index is 272. The van der Waals surface area contributed by atoms with E-state index in [1.165, 1.54) is 0 Å². The molecule has 0 atom stereocenters. The van der Waals surface area contributed by atoms with Crippen molar-refractivity contribution < 1.29 is 5.11 Å². The molecule has 4 nitrogen and oxygen atoms in total. The zero-order chi connectivity index (χ0) is 13.8. The van der Waals surface area contributed by atoms with E-state index in [4.69, 9.17) is 11.1 Å². The average Bonchev–Trinajstić information content (AvgIpc) is 2.22. The second kappa shape index (κ2) is 6.53. The Morgan fingerprint density at radius 2 is 2.00 bits per heavy atom. The van der Waals surface area contributed by atoms with Crippen LogP contribution in [0.5, 0.6) is 0 Å². The Morgan fingerprint density at radius 3 is 2.50 bits per heavy atom. The first-order valence-electron chi connectivity index (χ1n) is 7.02. The molecule has 0 bridgehead atoms. The maximum atomic E-state index is 9.24. The van der Waals surface area contributed by atoms with Gasteiger partial charge in [0.15, 0.2) is 0 Å². The first-order valence-corrected chi connectivity index (χ1v) is 7.02. The van der Waals surface area contributed by atoms with Crippen LogP contribution in [0, 0.1) is 16.7 Å². The van der Waals surface area contributed by atoms with Gasteiger partial charge >= 0.3 is 0 Å². The molecule has 0 heterocycles. The number of aliphatic hydroxyl groups excluding tert-OH is 1. The monoisotopic (exact) mass is 255 g/mol. The molecule has 0 aromatic carbocycles. The van der Waals surface area contributed by atoms with Gasteiger partial charge in [-0.2, -0.15) is 0 Å². The van der Waals surface area contributed by atoms with Gasteiger partial charge in [-0.1, -0.05) is 20.3 Å². The topological polar surface area (TPSA) is 73.3 Å². The summed E-state index contributed by atoms with van der Waals surface area (Å²) in [4.78, 5) is 2.36. The van der Waals surface area contributed by atoms with Crippen molar-refractivity contribution >= 4 is 5.84 Å². The summed E-state index contributed by atoms with van der Waals surface area (Å²) in [6.07, 6.45) is 5.16. The Labute approximate surface area is 111 Å². The molecular weight excluding hydrogens is 226 g/mol. The molecule has 1 rings (SSSR count). The number of nitrogens with zero attached hydrogens (tertiary/aromatic N) is 1. The largest absolute Gasteiger partial charge is 0.393 e. The standard InChI is InChI=1S/C14H29N3O/c1-14(2,13(15)16)6-4-5-7-17(3)10-11-8-12(18)9-11/h11-12,18H,4-10H2,1-3H3,(H3,15,16). The molecule has 4 N–H and O–H groups in total. The van der Waals surface area contributed by atoms with Crippen LogP contribution in [0.25, 0.3) is 0 Å². The van der Waals surface area contributed by atoms with Gasteiger partial charge in [-0.3, -0.25) is 5.41 Å². The number of aliphatic hydroxyl groups is 1. The third kappa shape index (κ3) is 4.94. The summed E-state index contributed by atoms with van der Waals surface area (Å²) >= 11 is 0. The van der Waals surface area contributed by atoms with Gasteiger partial charge in [0.25, 0.3) is 0 Å². The van der Waals surface area contributed by atoms with Crippen LogP contribution in [0.4, 0.5) is 0 Å². The summed E-state index contributed by atoms with van der Waals surface area (Å²) in [5.41, 5.74) is 5.41. The van der Waals surface area contributed by atoms with Crippen molar-refractivity contribution in [1.29, 1.82) is 5.41 Å². The van der Waals surface area contributed by atoms with Crippen molar-refractivity contribution in [2.45, 2.75) is 52.1 Å². The van der Waals surface area contributed by atoms with E-state index in [9.17, 15) is 5.11 Å². The van der Waals surface area contributed by atoms with E-state index in [0.717, 1.165) is 45.2 Å². The Hall–Kier alpha value is -0.610. The van der Waals surface area contributed by atoms with E-state index < -0.39 is 0 Å². The predicted molar refractivity (Wildman–Crippen MR) is 75.8 cm³/mol. The maximum Gasteiger partial charge on any atom is 0.0963 e. The van der Waals surface area contributed by atoms with Crippen LogP contribution >= 0.6 is 0 Å². The number of hydrogen-bond donors (Lipinski definition) is 3. The van der Waals surface area contributed by atoms with Gasteiger partial charge in [0.1, 0.15) is 0 Å². The minimum atomic E-state index is -0.156. The highest BCUT2D eigenvalue weighted by atomic mass is 16.3. The number of rotatable bonds is 8. The Balaban J connectivity index is 2.05. The summed E-state index contributed by atoms with van der Waals surface area (Å²) in [5.74, 6) is 0.984. The summed E-state index contributed by atoms with van der Waals surface area (Å²) in [6.45, 7) is 6.28. The lowest BCUT2D eigenvalue weighted by atomic mass is 9.82. The highest BCUT2D eigenvalue weighted by Gasteiger charge is 2.27. The van der Waals surface area contributed by atoms with E-state index in [1.54, 1.807) is 0 Å². The predicted octanol–water partition coefficient (Wildman–Crippen LogP) is 1.82. The molecule has 0 aliphatic heterocycles. The first-order chi connectivity index (χ1) is 8.31. The molecule has 0 aromatic rings. The van der Waals surface area contributed by atoms with Crippen LogP contribution < -0.4 is 5.73 Å². The SMILES string of the molecule is CN(CCCCC(C)(C)C(=N)N)CC1CC(O)C1. The maximum absolute atomic E-state index is 9.24. The molecule has 4 heteroatoms. The molecule has 1 aliphatic rings. The molecule has 0 unspecified atom stereocenters. The summed E-state index contributed by atoms with van der Waals surface area (Å²) < 4.78 is 0. The van der Waals surface area contributed by atoms with E-state index in [0.29, 0.717) is 11.8 Å². The van der Waals surface area contributed by atoms with Gasteiger partial charge in [0.2, 0.25) is 0 Å². The van der Waals surface area contributed by atoms with E-state index in [2.05, 4.69) is 11.9 Å². The van der Waals surface area contributed by atoms with Crippen molar-refractivity contribution in [3.8, 4) is 0 Å². The van der Waals surface area contributed by atoms with Gasteiger partial charge in [0.05, 0.1) is 11.9 Å². The number of unbranched alkanes of at least 4 members (excludes halogenated alkanes) is 1. The Morgan fingerprint density at radius 1 is 1.39 bits per heavy atom. The molecule has 0 radical (unpaired) electrons. The van der Waals surface area contributed by atoms with Gasteiger partial charge < -0.3 is 15.7 Å². The van der Waals surface area contributed by atoms with Gasteiger partial charge in [-0.15, -0.1) is 0 Å². The highest BCUT2D eigenvalue weighted by molar-refractivity contribution is 5.82. The molecular formula is C14H29N3O. The zero-order valence-corrected chi connectivity index (χ0v) is 12.1. The number of hydrogen-bond acceptors (Lipinski definition) is 3. The third-order valence-corrected chi connectivity index (χ3v) is 4.10. The molecule has 1 aliphatic carbocycles. The van der Waals surface area contributed by atoms with Crippen molar-refractivity contribution in [2.24, 2.45) is 17.1 Å². The fourth-order valence-electron chi connectivity index (χ4n) is 2.46. The van der Waals surface area contributed by atoms with Crippen LogP contribution in [0.2, 0.25) is 0 Å². The zero-order valence-electron chi connectivity index (χ0n) is 12.1. The van der Waals surface area contributed by atoms with Crippen molar-refractivity contribution in [2.75, 3.05) is 20.1 Å². The third-order valence-electron chi connectivity index (χ3n) is 4.10. The lowest BCUT2D eigenvalue weighted by Gasteiger charge is -2.34. The van der Waals surface area contributed by atoms with Crippen LogP contribution in [0.15, 0.2) is 0 Å². The molecule has 0 spiro atoms. The van der Waals surface area contributed by atoms with Crippen LogP contribution in [-0.4, -0.2) is 42.1 Å². The lowest BCUT2D eigenvalue weighted by molar-refractivity contribution is 0.0281. The summed E-state index contributed by atoms with van der Waals surface area (Å²) in [6, 6.07) is 0. The number of nitrogens with one attached hydrogen (secondary N) is 1. The molecule has 0 amide bonds. The van der Waals surface area contributed by atoms with Gasteiger partial charge in [-0.05, 0) is 45.2 Å². The smallest absolute Gasteiger partial charge is 0.0963 e. The van der Waals surface area contributed by atoms with Crippen LogP contribution in [-0.2, 0) is 0 Å². The second-order valence-corrected chi connectivity index (χ2v) is 6.51. The molecule has 106 valence electrons. The number of nitrogens with two attached hydrogens (primary N) is 1. The van der Waals surface area contributed by atoms with Crippen molar-refractivity contribution in [3.05, 3.63) is 0 Å².